The van der Waals surface area contributed by atoms with Gasteiger partial charge in [0.05, 0.1) is 25.3 Å². The molecular weight excluding hydrogens is 823 g/mol. The summed E-state index contributed by atoms with van der Waals surface area (Å²) in [6.07, 6.45) is 5.82. The Bertz CT molecular complexity index is 1540. The van der Waals surface area contributed by atoms with Crippen molar-refractivity contribution in [2.24, 2.45) is 0 Å². The zero-order chi connectivity index (χ0) is 44.6. The van der Waals surface area contributed by atoms with Crippen molar-refractivity contribution < 1.29 is 42.7 Å². The Morgan fingerprint density at radius 2 is 0.918 bits per heavy atom. The second kappa shape index (κ2) is 27.7. The van der Waals surface area contributed by atoms with Crippen molar-refractivity contribution in [2.45, 2.75) is 135 Å². The third-order valence-corrected chi connectivity index (χ3v) is 15.0. The van der Waals surface area contributed by atoms with Gasteiger partial charge in [-0.25, -0.2) is 9.59 Å². The molecule has 2 atom stereocenters. The largest absolute Gasteiger partial charge is 0.445 e. The number of alkyl carbamates (subject to hydrolysis) is 2. The number of carbonyl (C=O) groups excluding carboxylic acids is 2. The van der Waals surface area contributed by atoms with Crippen molar-refractivity contribution in [3.8, 4) is 0 Å². The van der Waals surface area contributed by atoms with E-state index in [0.29, 0.717) is 52.2 Å². The van der Waals surface area contributed by atoms with Crippen LogP contribution in [-0.2, 0) is 65.9 Å². The van der Waals surface area contributed by atoms with Gasteiger partial charge in [0, 0.05) is 56.4 Å². The molecule has 0 saturated heterocycles. The fourth-order valence-corrected chi connectivity index (χ4v) is 8.24. The first-order chi connectivity index (χ1) is 28.9. The predicted molar refractivity (Wildman–Crippen MR) is 252 cm³/mol. The molecule has 0 aliphatic rings. The Labute approximate surface area is 369 Å². The Morgan fingerprint density at radius 3 is 1.30 bits per heavy atom. The number of ether oxygens (including phenoxy) is 7. The molecule has 15 heteroatoms. The number of nitrogens with zero attached hydrogens (tertiary/aromatic N) is 1. The van der Waals surface area contributed by atoms with Crippen LogP contribution in [0.15, 0.2) is 73.1 Å². The summed E-state index contributed by atoms with van der Waals surface area (Å²) in [7, 11) is -3.71. The highest BCUT2D eigenvalue weighted by Gasteiger charge is 2.20. The van der Waals surface area contributed by atoms with Crippen LogP contribution in [0, 0.1) is 0 Å². The van der Waals surface area contributed by atoms with Crippen molar-refractivity contribution in [3.63, 3.8) is 0 Å². The van der Waals surface area contributed by atoms with Gasteiger partial charge in [0.1, 0.15) is 33.5 Å². The van der Waals surface area contributed by atoms with E-state index in [-0.39, 0.29) is 52.1 Å². The third-order valence-electron chi connectivity index (χ3n) is 9.85. The van der Waals surface area contributed by atoms with Crippen molar-refractivity contribution >= 4 is 36.4 Å². The molecular formula is C46H77N3O9Si3. The molecule has 1 heterocycles. The molecule has 3 aromatic rings. The molecule has 2 amide bonds. The summed E-state index contributed by atoms with van der Waals surface area (Å²) in [6.45, 7) is 24.6. The van der Waals surface area contributed by atoms with Crippen LogP contribution in [0.25, 0.3) is 0 Å². The topological polar surface area (TPSA) is 128 Å². The van der Waals surface area contributed by atoms with Gasteiger partial charge in [0.15, 0.2) is 0 Å². The maximum Gasteiger partial charge on any atom is 0.407 e. The van der Waals surface area contributed by atoms with Gasteiger partial charge in [0.25, 0.3) is 0 Å². The molecule has 0 aliphatic heterocycles. The SMILES string of the molecule is C[Si](C)(C)CCOCOC[C@@H](CCc1cn(COCC[Si](C)(C)C)cc1CC[C@H](COCOCC[Si](C)(C)C)NC(=O)OCc1ccccc1)NC(=O)OCc1ccccc1. The summed E-state index contributed by atoms with van der Waals surface area (Å²) in [4.78, 5) is 26.1. The smallest absolute Gasteiger partial charge is 0.407 e. The Kier molecular flexibility index (Phi) is 23.6. The molecule has 0 radical (unpaired) electrons. The number of carbonyl (C=O) groups is 2. The molecule has 342 valence electrons. The van der Waals surface area contributed by atoms with Gasteiger partial charge in [-0.15, -0.1) is 0 Å². The van der Waals surface area contributed by atoms with E-state index >= 15 is 0 Å². The molecule has 0 saturated carbocycles. The Balaban J connectivity index is 1.72. The molecule has 2 aromatic carbocycles. The summed E-state index contributed by atoms with van der Waals surface area (Å²) < 4.78 is 42.9. The van der Waals surface area contributed by atoms with Crippen LogP contribution >= 0.6 is 0 Å². The lowest BCUT2D eigenvalue weighted by Gasteiger charge is -2.21. The minimum Gasteiger partial charge on any atom is -0.445 e. The molecule has 12 nitrogen and oxygen atoms in total. The minimum absolute atomic E-state index is 0.158. The van der Waals surface area contributed by atoms with Crippen molar-refractivity contribution in [1.29, 1.82) is 0 Å². The van der Waals surface area contributed by atoms with Crippen LogP contribution in [0.2, 0.25) is 77.1 Å². The van der Waals surface area contributed by atoms with E-state index < -0.39 is 36.4 Å². The second-order valence-corrected chi connectivity index (χ2v) is 36.3. The van der Waals surface area contributed by atoms with Gasteiger partial charge in [0.2, 0.25) is 0 Å². The number of hydrogen-bond acceptors (Lipinski definition) is 9. The average Bonchev–Trinajstić information content (AvgIpc) is 3.59. The third kappa shape index (κ3) is 26.1. The van der Waals surface area contributed by atoms with E-state index in [2.05, 4.69) is 86.5 Å². The quantitative estimate of drug-likeness (QED) is 0.0369. The highest BCUT2D eigenvalue weighted by molar-refractivity contribution is 6.76. The fraction of sp³-hybridized carbons (Fsp3) is 0.609. The number of hydrogen-bond donors (Lipinski definition) is 2. The molecule has 3 rings (SSSR count). The molecule has 0 unspecified atom stereocenters. The molecule has 61 heavy (non-hydrogen) atoms. The van der Waals surface area contributed by atoms with E-state index in [1.165, 1.54) is 0 Å². The van der Waals surface area contributed by atoms with Gasteiger partial charge in [-0.3, -0.25) is 0 Å². The van der Waals surface area contributed by atoms with E-state index in [4.69, 9.17) is 33.2 Å². The van der Waals surface area contributed by atoms with Gasteiger partial charge < -0.3 is 48.4 Å². The number of aryl methyl sites for hydroxylation is 2. The lowest BCUT2D eigenvalue weighted by atomic mass is 10.00. The summed E-state index contributed by atoms with van der Waals surface area (Å²) in [6, 6.07) is 21.8. The number of rotatable bonds is 31. The maximum atomic E-state index is 13.1. The predicted octanol–water partition coefficient (Wildman–Crippen LogP) is 9.91. The molecule has 0 aliphatic carbocycles. The number of aromatic nitrogens is 1. The number of nitrogens with one attached hydrogen (secondary N) is 2. The Morgan fingerprint density at radius 1 is 0.541 bits per heavy atom. The van der Waals surface area contributed by atoms with Crippen LogP contribution < -0.4 is 10.6 Å². The first kappa shape index (κ1) is 52.1. The summed E-state index contributed by atoms with van der Waals surface area (Å²) in [5.74, 6) is 0. The molecule has 0 fully saturated rings. The summed E-state index contributed by atoms with van der Waals surface area (Å²) >= 11 is 0. The van der Waals surface area contributed by atoms with E-state index in [1.54, 1.807) is 0 Å². The van der Waals surface area contributed by atoms with Crippen molar-refractivity contribution in [1.82, 2.24) is 15.2 Å². The van der Waals surface area contributed by atoms with Crippen molar-refractivity contribution in [2.75, 3.05) is 46.6 Å². The lowest BCUT2D eigenvalue weighted by Crippen LogP contribution is -2.39. The minimum atomic E-state index is -1.25. The van der Waals surface area contributed by atoms with Crippen LogP contribution in [0.3, 0.4) is 0 Å². The first-order valence-electron chi connectivity index (χ1n) is 21.9. The number of amides is 2. The van der Waals surface area contributed by atoms with E-state index in [9.17, 15) is 9.59 Å². The van der Waals surface area contributed by atoms with Crippen LogP contribution in [0.1, 0.15) is 35.1 Å². The Hall–Kier alpha value is -3.29. The fourth-order valence-electron chi connectivity index (χ4n) is 5.97. The standard InChI is InChI=1S/C46H77N3O9Si3/c1-59(2,3)27-24-52-36-49-30-41(20-22-43(34-55-37-53-25-28-60(4,5)6)47-45(50)57-32-39-16-12-10-13-17-39)42(31-49)21-23-44(35-56-38-54-26-29-61(7,8)9)48-46(51)58-33-40-18-14-11-15-19-40/h10-19,30-31,43-44H,20-29,32-38H2,1-9H3,(H,47,50)(H,48,51)/t43-,44-/m1/s1. The average molecular weight is 900 g/mol. The van der Waals surface area contributed by atoms with Crippen LogP contribution in [0.5, 0.6) is 0 Å². The molecule has 2 N–H and O–H groups in total. The van der Waals surface area contributed by atoms with Gasteiger partial charge >= 0.3 is 12.2 Å². The summed E-state index contributed by atoms with van der Waals surface area (Å²) in [5, 5.41) is 6.09. The summed E-state index contributed by atoms with van der Waals surface area (Å²) in [5.41, 5.74) is 4.09. The van der Waals surface area contributed by atoms with Crippen LogP contribution in [-0.4, -0.2) is 99.7 Å². The van der Waals surface area contributed by atoms with Gasteiger partial charge in [-0.2, -0.15) is 0 Å². The highest BCUT2D eigenvalue weighted by Crippen LogP contribution is 2.19. The zero-order valence-electron chi connectivity index (χ0n) is 38.7. The second-order valence-electron chi connectivity index (χ2n) is 19.5. The van der Waals surface area contributed by atoms with E-state index in [0.717, 1.165) is 40.4 Å². The molecule has 0 spiro atoms. The van der Waals surface area contributed by atoms with Crippen molar-refractivity contribution in [3.05, 3.63) is 95.3 Å². The highest BCUT2D eigenvalue weighted by atomic mass is 28.3. The van der Waals surface area contributed by atoms with Gasteiger partial charge in [-0.05, 0) is 66.1 Å². The van der Waals surface area contributed by atoms with E-state index in [1.807, 2.05) is 60.7 Å². The normalized spacial score (nSPS) is 13.1. The van der Waals surface area contributed by atoms with Gasteiger partial charge in [-0.1, -0.05) is 120 Å². The maximum absolute atomic E-state index is 13.1. The zero-order valence-corrected chi connectivity index (χ0v) is 41.7. The molecule has 1 aromatic heterocycles. The van der Waals surface area contributed by atoms with Crippen LogP contribution in [0.4, 0.5) is 9.59 Å². The number of benzene rings is 2. The lowest BCUT2D eigenvalue weighted by molar-refractivity contribution is -0.0563. The molecule has 0 bridgehead atoms. The first-order valence-corrected chi connectivity index (χ1v) is 33.1. The monoisotopic (exact) mass is 899 g/mol.